The quantitative estimate of drug-likeness (QED) is 0.772. The van der Waals surface area contributed by atoms with Crippen LogP contribution in [0.3, 0.4) is 0 Å². The summed E-state index contributed by atoms with van der Waals surface area (Å²) < 4.78 is 10.6. The molecule has 0 spiro atoms. The van der Waals surface area contributed by atoms with Crippen molar-refractivity contribution in [3.05, 3.63) is 0 Å². The highest BCUT2D eigenvalue weighted by atomic mass is 16.6. The second kappa shape index (κ2) is 5.65. The van der Waals surface area contributed by atoms with Crippen LogP contribution in [0.1, 0.15) is 52.4 Å². The van der Waals surface area contributed by atoms with Crippen molar-refractivity contribution >= 4 is 12.1 Å². The summed E-state index contributed by atoms with van der Waals surface area (Å²) >= 11 is 0. The van der Waals surface area contributed by atoms with Gasteiger partial charge in [0.1, 0.15) is 11.6 Å². The summed E-state index contributed by atoms with van der Waals surface area (Å²) in [5.74, 6) is 0.621. The van der Waals surface area contributed by atoms with Crippen molar-refractivity contribution in [1.82, 2.24) is 5.32 Å². The lowest BCUT2D eigenvalue weighted by atomic mass is 9.51. The lowest BCUT2D eigenvalue weighted by Gasteiger charge is -2.59. The first-order valence-electron chi connectivity index (χ1n) is 8.60. The largest absolute Gasteiger partial charge is 0.467 e. The Hall–Kier alpha value is -1.30. The fraction of sp³-hybridized carbons (Fsp3) is 0.882. The van der Waals surface area contributed by atoms with E-state index in [0.717, 1.165) is 32.1 Å². The number of carbonyl (C=O) groups excluding carboxylic acids is 2. The summed E-state index contributed by atoms with van der Waals surface area (Å²) in [4.78, 5) is 24.2. The van der Waals surface area contributed by atoms with Crippen LogP contribution >= 0.6 is 0 Å². The zero-order chi connectivity index (χ0) is 16.8. The number of esters is 1. The molecule has 0 aromatic carbocycles. The van der Waals surface area contributed by atoms with E-state index in [1.165, 1.54) is 13.5 Å². The van der Waals surface area contributed by atoms with Gasteiger partial charge < -0.3 is 20.5 Å². The van der Waals surface area contributed by atoms with E-state index in [0.29, 0.717) is 11.8 Å². The van der Waals surface area contributed by atoms with Crippen molar-refractivity contribution < 1.29 is 19.1 Å². The van der Waals surface area contributed by atoms with Gasteiger partial charge in [-0.2, -0.15) is 0 Å². The fourth-order valence-corrected chi connectivity index (χ4v) is 5.35. The van der Waals surface area contributed by atoms with E-state index in [1.807, 2.05) is 13.8 Å². The average Bonchev–Trinajstić information content (AvgIpc) is 2.40. The number of carbonyl (C=O) groups is 2. The summed E-state index contributed by atoms with van der Waals surface area (Å²) in [6.45, 7) is 3.73. The number of alkyl carbamates (subject to hydrolysis) is 1. The van der Waals surface area contributed by atoms with Crippen LogP contribution in [0.4, 0.5) is 4.79 Å². The minimum atomic E-state index is -0.687. The van der Waals surface area contributed by atoms with Gasteiger partial charge in [-0.1, -0.05) is 13.8 Å². The molecule has 2 unspecified atom stereocenters. The van der Waals surface area contributed by atoms with Gasteiger partial charge in [0.25, 0.3) is 0 Å². The molecule has 3 atom stereocenters. The highest BCUT2D eigenvalue weighted by Crippen LogP contribution is 2.57. The van der Waals surface area contributed by atoms with Crippen molar-refractivity contribution in [1.29, 1.82) is 0 Å². The Bertz CT molecular complexity index is 491. The van der Waals surface area contributed by atoms with E-state index >= 15 is 0 Å². The van der Waals surface area contributed by atoms with E-state index < -0.39 is 23.7 Å². The molecule has 6 heteroatoms. The Kier molecular flexibility index (Phi) is 4.07. The Morgan fingerprint density at radius 1 is 1.17 bits per heavy atom. The highest BCUT2D eigenvalue weighted by molar-refractivity contribution is 5.81. The van der Waals surface area contributed by atoms with E-state index in [4.69, 9.17) is 15.2 Å². The molecule has 4 aliphatic carbocycles. The van der Waals surface area contributed by atoms with Crippen molar-refractivity contribution in [2.24, 2.45) is 23.5 Å². The van der Waals surface area contributed by atoms with Gasteiger partial charge in [0, 0.05) is 12.0 Å². The topological polar surface area (TPSA) is 90.6 Å². The van der Waals surface area contributed by atoms with E-state index in [9.17, 15) is 9.59 Å². The lowest BCUT2D eigenvalue weighted by molar-refractivity contribution is -0.147. The number of nitrogens with two attached hydrogens (primary N) is 1. The zero-order valence-electron chi connectivity index (χ0n) is 14.3. The summed E-state index contributed by atoms with van der Waals surface area (Å²) in [6.07, 6.45) is 5.33. The van der Waals surface area contributed by atoms with E-state index in [1.54, 1.807) is 0 Å². The molecule has 4 rings (SSSR count). The number of ether oxygens (including phenoxy) is 2. The predicted octanol–water partition coefficient (Wildman–Crippen LogP) is 1.96. The molecular formula is C17H28N2O4. The molecule has 0 radical (unpaired) electrons. The minimum absolute atomic E-state index is 0.0628. The van der Waals surface area contributed by atoms with Gasteiger partial charge in [-0.15, -0.1) is 0 Å². The summed E-state index contributed by atoms with van der Waals surface area (Å²) in [7, 11) is 1.32. The van der Waals surface area contributed by atoms with Gasteiger partial charge in [-0.05, 0) is 49.9 Å². The van der Waals surface area contributed by atoms with Gasteiger partial charge in [0.15, 0.2) is 0 Å². The third-order valence-corrected chi connectivity index (χ3v) is 5.76. The Morgan fingerprint density at radius 3 is 2.26 bits per heavy atom. The van der Waals surface area contributed by atoms with Crippen LogP contribution < -0.4 is 11.1 Å². The average molecular weight is 324 g/mol. The normalized spacial score (nSPS) is 39.2. The molecule has 4 aliphatic rings. The van der Waals surface area contributed by atoms with Crippen LogP contribution in [-0.2, 0) is 14.3 Å². The summed E-state index contributed by atoms with van der Waals surface area (Å²) in [5.41, 5.74) is 5.89. The molecule has 0 aromatic heterocycles. The molecule has 0 aliphatic heterocycles. The van der Waals surface area contributed by atoms with Gasteiger partial charge in [-0.25, -0.2) is 9.59 Å². The van der Waals surface area contributed by atoms with Crippen LogP contribution in [0.25, 0.3) is 0 Å². The first-order chi connectivity index (χ1) is 10.7. The van der Waals surface area contributed by atoms with Crippen LogP contribution in [0.5, 0.6) is 0 Å². The fourth-order valence-electron chi connectivity index (χ4n) is 5.35. The molecule has 130 valence electrons. The van der Waals surface area contributed by atoms with Crippen LogP contribution in [0.2, 0.25) is 0 Å². The molecule has 6 nitrogen and oxygen atoms in total. The summed E-state index contributed by atoms with van der Waals surface area (Å²) in [6, 6.07) is -0.687. The third-order valence-electron chi connectivity index (χ3n) is 5.76. The SMILES string of the molecule is COC(=O)[C@@H](NC(=O)OC12CC3CC(CC(N)(C3)C1)C2)C(C)C. The minimum Gasteiger partial charge on any atom is -0.467 e. The van der Waals surface area contributed by atoms with Crippen molar-refractivity contribution in [2.75, 3.05) is 7.11 Å². The lowest BCUT2D eigenvalue weighted by Crippen LogP contribution is -2.64. The Morgan fingerprint density at radius 2 is 1.78 bits per heavy atom. The molecule has 4 saturated carbocycles. The second-order valence-electron chi connectivity index (χ2n) is 8.29. The Balaban J connectivity index is 1.67. The molecule has 4 fully saturated rings. The highest BCUT2D eigenvalue weighted by Gasteiger charge is 2.58. The van der Waals surface area contributed by atoms with Crippen molar-refractivity contribution in [2.45, 2.75) is 69.6 Å². The first kappa shape index (κ1) is 16.6. The number of amides is 1. The van der Waals surface area contributed by atoms with Gasteiger partial charge in [-0.3, -0.25) is 0 Å². The Labute approximate surface area is 137 Å². The van der Waals surface area contributed by atoms with Crippen LogP contribution in [0, 0.1) is 17.8 Å². The third kappa shape index (κ3) is 3.18. The monoisotopic (exact) mass is 324 g/mol. The molecule has 0 aromatic rings. The molecule has 23 heavy (non-hydrogen) atoms. The molecule has 1 amide bonds. The standard InChI is InChI=1S/C17H28N2O4/c1-10(2)13(14(20)22-3)19-15(21)23-17-7-11-4-12(8-17)6-16(18,5-11)9-17/h10-13H,4-9,18H2,1-3H3,(H,19,21)/t11?,12?,13-,16?,17?/m0/s1. The van der Waals surface area contributed by atoms with Gasteiger partial charge in [0.05, 0.1) is 7.11 Å². The van der Waals surface area contributed by atoms with Crippen molar-refractivity contribution in [3.63, 3.8) is 0 Å². The number of hydrogen-bond acceptors (Lipinski definition) is 5. The second-order valence-corrected chi connectivity index (χ2v) is 8.29. The predicted molar refractivity (Wildman–Crippen MR) is 84.6 cm³/mol. The van der Waals surface area contributed by atoms with E-state index in [2.05, 4.69) is 5.32 Å². The molecular weight excluding hydrogens is 296 g/mol. The van der Waals surface area contributed by atoms with Crippen LogP contribution in [-0.4, -0.2) is 36.4 Å². The number of methoxy groups -OCH3 is 1. The number of rotatable bonds is 4. The maximum absolute atomic E-state index is 12.4. The molecule has 4 bridgehead atoms. The first-order valence-corrected chi connectivity index (χ1v) is 8.60. The van der Waals surface area contributed by atoms with Gasteiger partial charge in [0.2, 0.25) is 0 Å². The zero-order valence-corrected chi connectivity index (χ0v) is 14.3. The van der Waals surface area contributed by atoms with Gasteiger partial charge >= 0.3 is 12.1 Å². The maximum Gasteiger partial charge on any atom is 0.408 e. The molecule has 0 saturated heterocycles. The smallest absolute Gasteiger partial charge is 0.408 e. The molecule has 3 N–H and O–H groups in total. The van der Waals surface area contributed by atoms with E-state index in [-0.39, 0.29) is 11.5 Å². The maximum atomic E-state index is 12.4. The molecule has 0 heterocycles. The summed E-state index contributed by atoms with van der Waals surface area (Å²) in [5, 5.41) is 2.68. The number of nitrogens with one attached hydrogen (secondary N) is 1. The number of hydrogen-bond donors (Lipinski definition) is 2. The van der Waals surface area contributed by atoms with Crippen LogP contribution in [0.15, 0.2) is 0 Å². The van der Waals surface area contributed by atoms with Crippen molar-refractivity contribution in [3.8, 4) is 0 Å².